The predicted octanol–water partition coefficient (Wildman–Crippen LogP) is 6.65. The van der Waals surface area contributed by atoms with Crippen molar-refractivity contribution in [2.75, 3.05) is 0 Å². The molecule has 2 aromatic heterocycles. The van der Waals surface area contributed by atoms with Crippen LogP contribution in [0.4, 0.5) is 0 Å². The first-order valence-corrected chi connectivity index (χ1v) is 11.8. The van der Waals surface area contributed by atoms with E-state index in [1.54, 1.807) is 6.20 Å². The first-order chi connectivity index (χ1) is 15.8. The second-order valence-corrected chi connectivity index (χ2v) is 11.2. The predicted molar refractivity (Wildman–Crippen MR) is 139 cm³/mol. The van der Waals surface area contributed by atoms with E-state index in [0.29, 0.717) is 6.42 Å². The molecule has 6 heteroatoms. The van der Waals surface area contributed by atoms with Gasteiger partial charge in [0, 0.05) is 49.5 Å². The third kappa shape index (κ3) is 7.20. The van der Waals surface area contributed by atoms with Crippen LogP contribution in [0.1, 0.15) is 59.4 Å². The molecular formula is C29H37IrN2O3-. The number of nitrogens with zero attached hydrogens (tertiary/aromatic N) is 2. The van der Waals surface area contributed by atoms with Gasteiger partial charge in [0.05, 0.1) is 23.5 Å². The van der Waals surface area contributed by atoms with Gasteiger partial charge in [0.15, 0.2) is 0 Å². The fourth-order valence-corrected chi connectivity index (χ4v) is 3.59. The van der Waals surface area contributed by atoms with Gasteiger partial charge in [-0.05, 0) is 30.7 Å². The Morgan fingerprint density at radius 1 is 0.914 bits per heavy atom. The van der Waals surface area contributed by atoms with E-state index in [9.17, 15) is 10.2 Å². The van der Waals surface area contributed by atoms with Gasteiger partial charge in [-0.15, -0.1) is 23.8 Å². The van der Waals surface area contributed by atoms with Crippen molar-refractivity contribution < 1.29 is 34.7 Å². The van der Waals surface area contributed by atoms with Crippen molar-refractivity contribution in [3.8, 4) is 11.3 Å². The average Bonchev–Trinajstić information content (AvgIpc) is 3.11. The molecule has 2 unspecified atom stereocenters. The van der Waals surface area contributed by atoms with Gasteiger partial charge < -0.3 is 19.6 Å². The first-order valence-electron chi connectivity index (χ1n) is 11.8. The van der Waals surface area contributed by atoms with Crippen molar-refractivity contribution in [2.24, 2.45) is 10.8 Å². The standard InChI is InChI=1S/C18H13N2O.C11H24O2.Ir/c1-11-10-19-18(12(2)20-11)13-7-8-17-15(9-13)14-5-3-4-6-16(14)21-17;1-10(2,3)8(12)7-9(13)11(4,5)6;/h3-6,8-10H,1-2H3;8-9,12-13H,7H2,1-6H3;/q-1;;. The summed E-state index contributed by atoms with van der Waals surface area (Å²) >= 11 is 0. The number of aliphatic hydroxyl groups excluding tert-OH is 2. The van der Waals surface area contributed by atoms with Gasteiger partial charge in [-0.2, -0.15) is 0 Å². The molecular weight excluding hydrogens is 617 g/mol. The topological polar surface area (TPSA) is 79.4 Å². The summed E-state index contributed by atoms with van der Waals surface area (Å²) in [6.07, 6.45) is 1.35. The summed E-state index contributed by atoms with van der Waals surface area (Å²) in [5.41, 5.74) is 5.09. The molecule has 0 bridgehead atoms. The van der Waals surface area contributed by atoms with E-state index in [1.165, 1.54) is 0 Å². The van der Waals surface area contributed by atoms with E-state index >= 15 is 0 Å². The minimum absolute atomic E-state index is 0. The maximum absolute atomic E-state index is 9.76. The van der Waals surface area contributed by atoms with Crippen LogP contribution in [0.5, 0.6) is 0 Å². The van der Waals surface area contributed by atoms with E-state index in [-0.39, 0.29) is 30.9 Å². The maximum Gasteiger partial charge on any atom is 0.120 e. The number of benzene rings is 2. The summed E-state index contributed by atoms with van der Waals surface area (Å²) in [6, 6.07) is 15.3. The van der Waals surface area contributed by atoms with Crippen molar-refractivity contribution in [2.45, 2.75) is 74.0 Å². The molecule has 4 rings (SSSR count). The van der Waals surface area contributed by atoms with Crippen molar-refractivity contribution in [3.05, 3.63) is 60.0 Å². The number of para-hydroxylation sites is 1. The molecule has 191 valence electrons. The number of rotatable bonds is 3. The van der Waals surface area contributed by atoms with Crippen LogP contribution in [0, 0.1) is 30.7 Å². The van der Waals surface area contributed by atoms with Gasteiger partial charge in [-0.3, -0.25) is 4.98 Å². The van der Waals surface area contributed by atoms with Crippen LogP contribution < -0.4 is 0 Å². The zero-order valence-electron chi connectivity index (χ0n) is 21.9. The second kappa shape index (κ2) is 11.3. The molecule has 0 saturated heterocycles. The number of furan rings is 1. The third-order valence-corrected chi connectivity index (χ3v) is 6.08. The fourth-order valence-electron chi connectivity index (χ4n) is 3.59. The number of aryl methyl sites for hydroxylation is 2. The molecule has 0 fully saturated rings. The molecule has 4 aromatic rings. The summed E-state index contributed by atoms with van der Waals surface area (Å²) in [5, 5.41) is 21.7. The Bertz CT molecular complexity index is 1250. The molecule has 0 amide bonds. The number of fused-ring (bicyclic) bond motifs is 3. The summed E-state index contributed by atoms with van der Waals surface area (Å²) in [5.74, 6) is 0. The van der Waals surface area contributed by atoms with Gasteiger partial charge in [-0.1, -0.05) is 65.1 Å². The molecule has 0 spiro atoms. The van der Waals surface area contributed by atoms with Gasteiger partial charge in [0.2, 0.25) is 0 Å². The zero-order valence-corrected chi connectivity index (χ0v) is 24.3. The van der Waals surface area contributed by atoms with E-state index in [0.717, 1.165) is 44.6 Å². The molecule has 0 aliphatic carbocycles. The van der Waals surface area contributed by atoms with Crippen LogP contribution in [-0.4, -0.2) is 32.4 Å². The Balaban J connectivity index is 0.000000271. The summed E-state index contributed by atoms with van der Waals surface area (Å²) in [7, 11) is 0. The molecule has 0 aliphatic rings. The molecule has 5 nitrogen and oxygen atoms in total. The SMILES string of the molecule is CC(C)(C)C(O)CC(O)C(C)(C)C.Cc1cnc(-c2[c-]cc3oc4ccccc4c3c2)c(C)n1.[Ir]. The van der Waals surface area contributed by atoms with Crippen molar-refractivity contribution in [1.82, 2.24) is 9.97 Å². The Kier molecular flexibility index (Phi) is 9.40. The Morgan fingerprint density at radius 3 is 2.09 bits per heavy atom. The second-order valence-electron chi connectivity index (χ2n) is 11.2. The van der Waals surface area contributed by atoms with Crippen LogP contribution in [0.25, 0.3) is 33.2 Å². The Hall–Kier alpha value is -2.11. The number of hydrogen-bond donors (Lipinski definition) is 2. The molecule has 2 heterocycles. The van der Waals surface area contributed by atoms with Gasteiger partial charge in [0.25, 0.3) is 0 Å². The molecule has 1 radical (unpaired) electrons. The molecule has 0 aliphatic heterocycles. The van der Waals surface area contributed by atoms with Crippen LogP contribution in [0.15, 0.2) is 47.0 Å². The molecule has 2 atom stereocenters. The Morgan fingerprint density at radius 2 is 1.51 bits per heavy atom. The minimum Gasteiger partial charge on any atom is -0.500 e. The molecule has 0 saturated carbocycles. The fraction of sp³-hybridized carbons (Fsp3) is 0.448. The average molecular weight is 654 g/mol. The molecule has 2 aromatic carbocycles. The van der Waals surface area contributed by atoms with E-state index in [1.807, 2.05) is 79.7 Å². The summed E-state index contributed by atoms with van der Waals surface area (Å²) in [6.45, 7) is 15.8. The number of aliphatic hydroxyl groups is 2. The third-order valence-electron chi connectivity index (χ3n) is 6.08. The normalized spacial score (nSPS) is 13.7. The van der Waals surface area contributed by atoms with Crippen LogP contribution in [-0.2, 0) is 20.1 Å². The first kappa shape index (κ1) is 29.1. The van der Waals surface area contributed by atoms with E-state index in [2.05, 4.69) is 28.2 Å². The summed E-state index contributed by atoms with van der Waals surface area (Å²) in [4.78, 5) is 8.97. The van der Waals surface area contributed by atoms with Crippen LogP contribution >= 0.6 is 0 Å². The summed E-state index contributed by atoms with van der Waals surface area (Å²) < 4.78 is 5.83. The number of aromatic nitrogens is 2. The van der Waals surface area contributed by atoms with Crippen molar-refractivity contribution in [3.63, 3.8) is 0 Å². The van der Waals surface area contributed by atoms with Gasteiger partial charge >= 0.3 is 0 Å². The largest absolute Gasteiger partial charge is 0.500 e. The molecule has 35 heavy (non-hydrogen) atoms. The van der Waals surface area contributed by atoms with Crippen LogP contribution in [0.2, 0.25) is 0 Å². The maximum atomic E-state index is 9.76. The number of hydrogen-bond acceptors (Lipinski definition) is 5. The van der Waals surface area contributed by atoms with Gasteiger partial charge in [0.1, 0.15) is 5.58 Å². The quantitative estimate of drug-likeness (QED) is 0.242. The van der Waals surface area contributed by atoms with Crippen molar-refractivity contribution in [1.29, 1.82) is 0 Å². The Labute approximate surface area is 222 Å². The zero-order chi connectivity index (χ0) is 25.3. The van der Waals surface area contributed by atoms with E-state index < -0.39 is 12.2 Å². The van der Waals surface area contributed by atoms with E-state index in [4.69, 9.17) is 4.42 Å². The van der Waals surface area contributed by atoms with Crippen molar-refractivity contribution >= 4 is 21.9 Å². The van der Waals surface area contributed by atoms with Gasteiger partial charge in [-0.25, -0.2) is 0 Å². The monoisotopic (exact) mass is 654 g/mol. The molecule has 2 N–H and O–H groups in total. The smallest absolute Gasteiger partial charge is 0.120 e. The minimum atomic E-state index is -0.443. The van der Waals surface area contributed by atoms with Crippen LogP contribution in [0.3, 0.4) is 0 Å².